The third kappa shape index (κ3) is 3.84. The predicted molar refractivity (Wildman–Crippen MR) is 115 cm³/mol. The zero-order chi connectivity index (χ0) is 20.8. The molecule has 29 heavy (non-hydrogen) atoms. The highest BCUT2D eigenvalue weighted by Gasteiger charge is 2.31. The number of fused-ring (bicyclic) bond motifs is 2. The largest absolute Gasteiger partial charge is 0.508 e. The van der Waals surface area contributed by atoms with Gasteiger partial charge in [0.1, 0.15) is 28.6 Å². The number of hydrogen-bond donors (Lipinski definition) is 2. The molecule has 2 aliphatic rings. The lowest BCUT2D eigenvalue weighted by atomic mass is 9.86. The van der Waals surface area contributed by atoms with E-state index in [1.807, 2.05) is 38.1 Å². The van der Waals surface area contributed by atoms with Gasteiger partial charge in [-0.1, -0.05) is 17.7 Å². The number of allylic oxidation sites excluding steroid dienone is 2. The van der Waals surface area contributed by atoms with E-state index < -0.39 is 5.60 Å². The van der Waals surface area contributed by atoms with Gasteiger partial charge in [-0.25, -0.2) is 0 Å². The third-order valence-electron chi connectivity index (χ3n) is 5.56. The molecule has 2 aromatic carbocycles. The van der Waals surface area contributed by atoms with Gasteiger partial charge < -0.3 is 19.7 Å². The number of ether oxygens (including phenoxy) is 2. The fourth-order valence-electron chi connectivity index (χ4n) is 3.93. The molecule has 4 nitrogen and oxygen atoms in total. The summed E-state index contributed by atoms with van der Waals surface area (Å²) in [6.07, 6.45) is 7.50. The molecule has 152 valence electrons. The summed E-state index contributed by atoms with van der Waals surface area (Å²) >= 11 is 0. The molecule has 4 rings (SSSR count). The van der Waals surface area contributed by atoms with Crippen LogP contribution >= 0.6 is 0 Å². The lowest BCUT2D eigenvalue weighted by Crippen LogP contribution is -2.29. The maximum Gasteiger partial charge on any atom is 0.135 e. The Morgan fingerprint density at radius 2 is 1.97 bits per heavy atom. The van der Waals surface area contributed by atoms with E-state index in [0.29, 0.717) is 13.0 Å². The molecule has 1 unspecified atom stereocenters. The third-order valence-corrected chi connectivity index (χ3v) is 5.56. The van der Waals surface area contributed by atoms with Crippen molar-refractivity contribution >= 4 is 6.08 Å². The van der Waals surface area contributed by atoms with E-state index in [9.17, 15) is 10.2 Å². The first kappa shape index (κ1) is 19.4. The topological polar surface area (TPSA) is 58.9 Å². The molecule has 0 spiro atoms. The van der Waals surface area contributed by atoms with Crippen molar-refractivity contribution in [1.82, 2.24) is 0 Å². The lowest BCUT2D eigenvalue weighted by Gasteiger charge is -2.33. The highest BCUT2D eigenvalue weighted by Crippen LogP contribution is 2.45. The molecular weight excluding hydrogens is 364 g/mol. The average molecular weight is 392 g/mol. The van der Waals surface area contributed by atoms with Gasteiger partial charge >= 0.3 is 0 Å². The van der Waals surface area contributed by atoms with Gasteiger partial charge in [-0.2, -0.15) is 0 Å². The molecule has 0 fully saturated rings. The summed E-state index contributed by atoms with van der Waals surface area (Å²) in [6, 6.07) is 7.45. The van der Waals surface area contributed by atoms with E-state index in [2.05, 4.69) is 19.9 Å². The van der Waals surface area contributed by atoms with Crippen LogP contribution in [0.15, 0.2) is 42.0 Å². The van der Waals surface area contributed by atoms with Crippen LogP contribution < -0.4 is 9.47 Å². The normalized spacial score (nSPS) is 18.8. The summed E-state index contributed by atoms with van der Waals surface area (Å²) in [5.41, 5.74) is 4.56. The summed E-state index contributed by atoms with van der Waals surface area (Å²) < 4.78 is 12.2. The Labute approximate surface area is 172 Å². The Kier molecular flexibility index (Phi) is 4.81. The zero-order valence-electron chi connectivity index (χ0n) is 17.5. The molecule has 0 aromatic heterocycles. The molecule has 2 N–H and O–H groups in total. The molecule has 0 aliphatic carbocycles. The quantitative estimate of drug-likeness (QED) is 0.676. The lowest BCUT2D eigenvalue weighted by molar-refractivity contribution is 0.153. The number of phenols is 2. The van der Waals surface area contributed by atoms with Crippen molar-refractivity contribution < 1.29 is 19.7 Å². The molecule has 2 aliphatic heterocycles. The van der Waals surface area contributed by atoms with Crippen LogP contribution in [0.1, 0.15) is 55.9 Å². The fraction of sp³-hybridized carbons (Fsp3) is 0.360. The molecule has 0 saturated carbocycles. The van der Waals surface area contributed by atoms with Crippen molar-refractivity contribution in [3.63, 3.8) is 0 Å². The molecule has 1 atom stereocenters. The van der Waals surface area contributed by atoms with Crippen LogP contribution in [0.4, 0.5) is 0 Å². The van der Waals surface area contributed by atoms with Gasteiger partial charge in [0.25, 0.3) is 0 Å². The van der Waals surface area contributed by atoms with E-state index in [1.54, 1.807) is 12.1 Å². The second-order valence-corrected chi connectivity index (χ2v) is 8.74. The number of rotatable bonds is 3. The Hall–Kier alpha value is -2.88. The molecule has 0 saturated heterocycles. The summed E-state index contributed by atoms with van der Waals surface area (Å²) in [4.78, 5) is 0. The molecule has 2 heterocycles. The summed E-state index contributed by atoms with van der Waals surface area (Å²) in [5, 5.41) is 20.6. The second-order valence-electron chi connectivity index (χ2n) is 8.74. The van der Waals surface area contributed by atoms with Crippen molar-refractivity contribution in [2.75, 3.05) is 6.61 Å². The molecule has 0 radical (unpaired) electrons. The monoisotopic (exact) mass is 392 g/mol. The Balaban J connectivity index is 1.68. The first-order valence-electron chi connectivity index (χ1n) is 10.1. The Morgan fingerprint density at radius 1 is 1.17 bits per heavy atom. The van der Waals surface area contributed by atoms with Crippen LogP contribution in [0.3, 0.4) is 0 Å². The number of benzene rings is 2. The fourth-order valence-corrected chi connectivity index (χ4v) is 3.93. The standard InChI is InChI=1S/C25H28O4/c1-15(2)5-6-16-11-17-12-18(14-28-23(17)13-22(16)27)19-7-8-21(26)20-9-10-25(3,4)29-24(19)20/h5,7-11,13,18,26-27H,6,12,14H2,1-4H3. The van der Waals surface area contributed by atoms with E-state index in [4.69, 9.17) is 9.47 Å². The SMILES string of the molecule is CC(C)=CCc1cc2c(cc1O)OCC(c1ccc(O)c3c1OC(C)(C)C=C3)C2. The number of hydrogen-bond acceptors (Lipinski definition) is 4. The zero-order valence-corrected chi connectivity index (χ0v) is 17.5. The highest BCUT2D eigenvalue weighted by molar-refractivity contribution is 5.69. The number of phenolic OH excluding ortho intramolecular Hbond substituents is 2. The van der Waals surface area contributed by atoms with Gasteiger partial charge in [0.15, 0.2) is 0 Å². The van der Waals surface area contributed by atoms with Crippen LogP contribution in [0, 0.1) is 0 Å². The van der Waals surface area contributed by atoms with Crippen molar-refractivity contribution in [1.29, 1.82) is 0 Å². The second kappa shape index (κ2) is 7.18. The van der Waals surface area contributed by atoms with Crippen molar-refractivity contribution in [2.45, 2.75) is 52.1 Å². The first-order chi connectivity index (χ1) is 13.7. The molecular formula is C25H28O4. The van der Waals surface area contributed by atoms with E-state index in [0.717, 1.165) is 40.2 Å². The number of aromatic hydroxyl groups is 2. The molecule has 4 heteroatoms. The smallest absolute Gasteiger partial charge is 0.135 e. The van der Waals surface area contributed by atoms with Crippen molar-refractivity contribution in [2.24, 2.45) is 0 Å². The van der Waals surface area contributed by atoms with Gasteiger partial charge in [-0.3, -0.25) is 0 Å². The highest BCUT2D eigenvalue weighted by atomic mass is 16.5. The van der Waals surface area contributed by atoms with Gasteiger partial charge in [0.2, 0.25) is 0 Å². The van der Waals surface area contributed by atoms with Gasteiger partial charge in [-0.05, 0) is 75.9 Å². The van der Waals surface area contributed by atoms with Crippen LogP contribution in [0.25, 0.3) is 6.08 Å². The van der Waals surface area contributed by atoms with Crippen LogP contribution in [-0.2, 0) is 12.8 Å². The van der Waals surface area contributed by atoms with Crippen molar-refractivity contribution in [3.05, 3.63) is 64.2 Å². The van der Waals surface area contributed by atoms with E-state index in [-0.39, 0.29) is 17.4 Å². The first-order valence-corrected chi connectivity index (χ1v) is 10.1. The molecule has 0 bridgehead atoms. The predicted octanol–water partition coefficient (Wildman–Crippen LogP) is 5.51. The minimum Gasteiger partial charge on any atom is -0.508 e. The average Bonchev–Trinajstić information content (AvgIpc) is 2.65. The van der Waals surface area contributed by atoms with Gasteiger partial charge in [0, 0.05) is 17.5 Å². The summed E-state index contributed by atoms with van der Waals surface area (Å²) in [7, 11) is 0. The molecule has 2 aromatic rings. The van der Waals surface area contributed by atoms with Crippen LogP contribution in [0.5, 0.6) is 23.0 Å². The minimum absolute atomic E-state index is 0.111. The van der Waals surface area contributed by atoms with Crippen LogP contribution in [0.2, 0.25) is 0 Å². The maximum atomic E-state index is 10.3. The summed E-state index contributed by atoms with van der Waals surface area (Å²) in [6.45, 7) is 8.62. The Morgan fingerprint density at radius 3 is 2.72 bits per heavy atom. The van der Waals surface area contributed by atoms with Crippen LogP contribution in [-0.4, -0.2) is 22.4 Å². The van der Waals surface area contributed by atoms with E-state index >= 15 is 0 Å². The van der Waals surface area contributed by atoms with Gasteiger partial charge in [-0.15, -0.1) is 0 Å². The maximum absolute atomic E-state index is 10.3. The summed E-state index contributed by atoms with van der Waals surface area (Å²) in [5.74, 6) is 2.09. The van der Waals surface area contributed by atoms with E-state index in [1.165, 1.54) is 5.57 Å². The van der Waals surface area contributed by atoms with Crippen molar-refractivity contribution in [3.8, 4) is 23.0 Å². The molecule has 0 amide bonds. The van der Waals surface area contributed by atoms with Gasteiger partial charge in [0.05, 0.1) is 12.2 Å². The Bertz CT molecular complexity index is 1010. The minimum atomic E-state index is -0.424.